The molecule has 2 aliphatic rings. The highest BCUT2D eigenvalue weighted by molar-refractivity contribution is 5.90. The maximum Gasteiger partial charge on any atom is 0.471 e. The van der Waals surface area contributed by atoms with E-state index in [1.54, 1.807) is 0 Å². The Labute approximate surface area is 162 Å². The number of carbonyl (C=O) groups is 2. The minimum absolute atomic E-state index is 0.0254. The Balaban J connectivity index is 1.53. The minimum Gasteiger partial charge on any atom is -0.351 e. The Morgan fingerprint density at radius 2 is 1.86 bits per heavy atom. The van der Waals surface area contributed by atoms with Crippen LogP contribution in [0.1, 0.15) is 38.2 Å². The quantitative estimate of drug-likeness (QED) is 0.850. The zero-order valence-electron chi connectivity index (χ0n) is 15.9. The van der Waals surface area contributed by atoms with Crippen molar-refractivity contribution in [2.45, 2.75) is 63.5 Å². The van der Waals surface area contributed by atoms with Crippen molar-refractivity contribution in [3.63, 3.8) is 0 Å². The van der Waals surface area contributed by atoms with Gasteiger partial charge in [0.15, 0.2) is 0 Å². The molecule has 2 fully saturated rings. The fraction of sp³-hybridized carbons (Fsp3) is 0.600. The van der Waals surface area contributed by atoms with E-state index in [0.29, 0.717) is 11.3 Å². The van der Waals surface area contributed by atoms with E-state index in [1.807, 2.05) is 18.2 Å². The number of carbonyl (C=O) groups excluding carboxylic acids is 2. The van der Waals surface area contributed by atoms with E-state index in [2.05, 4.69) is 29.3 Å². The third-order valence-corrected chi connectivity index (χ3v) is 5.65. The van der Waals surface area contributed by atoms with Crippen LogP contribution >= 0.6 is 0 Å². The number of likely N-dealkylation sites (tertiary alicyclic amines) is 2. The van der Waals surface area contributed by atoms with Crippen molar-refractivity contribution in [1.29, 1.82) is 0 Å². The standard InChI is InChI=1S/C20H26F3N3O2/c1-14-12-16(9-11-25(14)13-15-6-3-2-4-7-15)24-18(27)17-8-5-10-26(17)19(28)20(21,22)23/h2-4,6-7,14,16-17H,5,8-13H2,1H3,(H,24,27)/t14-,16-,17-/m1/s1. The number of hydrogen-bond acceptors (Lipinski definition) is 3. The molecule has 0 spiro atoms. The lowest BCUT2D eigenvalue weighted by Crippen LogP contribution is -2.54. The molecule has 2 saturated heterocycles. The molecule has 2 amide bonds. The van der Waals surface area contributed by atoms with Gasteiger partial charge < -0.3 is 10.2 Å². The van der Waals surface area contributed by atoms with Gasteiger partial charge in [-0.15, -0.1) is 0 Å². The summed E-state index contributed by atoms with van der Waals surface area (Å²) in [6.07, 6.45) is -2.79. The van der Waals surface area contributed by atoms with Crippen molar-refractivity contribution in [3.05, 3.63) is 35.9 Å². The second-order valence-electron chi connectivity index (χ2n) is 7.69. The van der Waals surface area contributed by atoms with Crippen LogP contribution in [0.5, 0.6) is 0 Å². The first kappa shape index (κ1) is 20.6. The highest BCUT2D eigenvalue weighted by atomic mass is 19.4. The third-order valence-electron chi connectivity index (χ3n) is 5.65. The summed E-state index contributed by atoms with van der Waals surface area (Å²) in [7, 11) is 0. The second-order valence-corrected chi connectivity index (χ2v) is 7.69. The Bertz CT molecular complexity index is 696. The first-order valence-corrected chi connectivity index (χ1v) is 9.72. The van der Waals surface area contributed by atoms with Crippen molar-refractivity contribution < 1.29 is 22.8 Å². The predicted molar refractivity (Wildman–Crippen MR) is 98.3 cm³/mol. The van der Waals surface area contributed by atoms with Gasteiger partial charge in [-0.1, -0.05) is 30.3 Å². The highest BCUT2D eigenvalue weighted by Crippen LogP contribution is 2.26. The lowest BCUT2D eigenvalue weighted by atomic mass is 9.97. The zero-order chi connectivity index (χ0) is 20.3. The summed E-state index contributed by atoms with van der Waals surface area (Å²) in [5.41, 5.74) is 1.23. The molecular weight excluding hydrogens is 371 g/mol. The van der Waals surface area contributed by atoms with Crippen LogP contribution in [0.4, 0.5) is 13.2 Å². The Hall–Kier alpha value is -2.09. The lowest BCUT2D eigenvalue weighted by molar-refractivity contribution is -0.186. The molecule has 8 heteroatoms. The second kappa shape index (κ2) is 8.51. The maximum absolute atomic E-state index is 12.7. The van der Waals surface area contributed by atoms with Crippen LogP contribution in [0.3, 0.4) is 0 Å². The first-order chi connectivity index (χ1) is 13.3. The maximum atomic E-state index is 12.7. The fourth-order valence-electron chi connectivity index (χ4n) is 4.15. The van der Waals surface area contributed by atoms with Crippen LogP contribution < -0.4 is 5.32 Å². The number of nitrogens with one attached hydrogen (secondary N) is 1. The number of amides is 2. The van der Waals surface area contributed by atoms with E-state index in [1.165, 1.54) is 5.56 Å². The van der Waals surface area contributed by atoms with Crippen molar-refractivity contribution >= 4 is 11.8 Å². The van der Waals surface area contributed by atoms with Crippen molar-refractivity contribution in [2.24, 2.45) is 0 Å². The van der Waals surface area contributed by atoms with Crippen LogP contribution in [-0.4, -0.2) is 59.0 Å². The Morgan fingerprint density at radius 3 is 2.50 bits per heavy atom. The average Bonchev–Trinajstić information content (AvgIpc) is 3.13. The molecule has 5 nitrogen and oxygen atoms in total. The van der Waals surface area contributed by atoms with Gasteiger partial charge in [0.05, 0.1) is 0 Å². The Morgan fingerprint density at radius 1 is 1.14 bits per heavy atom. The summed E-state index contributed by atoms with van der Waals surface area (Å²) in [6, 6.07) is 9.27. The summed E-state index contributed by atoms with van der Waals surface area (Å²) in [6.45, 7) is 3.70. The van der Waals surface area contributed by atoms with Gasteiger partial charge in [-0.3, -0.25) is 14.5 Å². The number of nitrogens with zero attached hydrogens (tertiary/aromatic N) is 2. The smallest absolute Gasteiger partial charge is 0.351 e. The molecule has 28 heavy (non-hydrogen) atoms. The van der Waals surface area contributed by atoms with Crippen LogP contribution in [0, 0.1) is 0 Å². The van der Waals surface area contributed by atoms with Crippen LogP contribution in [0.15, 0.2) is 30.3 Å². The number of alkyl halides is 3. The van der Waals surface area contributed by atoms with Gasteiger partial charge in [-0.2, -0.15) is 13.2 Å². The minimum atomic E-state index is -4.94. The summed E-state index contributed by atoms with van der Waals surface area (Å²) in [5, 5.41) is 2.89. The molecule has 2 aliphatic heterocycles. The van der Waals surface area contributed by atoms with E-state index in [9.17, 15) is 22.8 Å². The van der Waals surface area contributed by atoms with E-state index >= 15 is 0 Å². The number of hydrogen-bond donors (Lipinski definition) is 1. The molecule has 0 saturated carbocycles. The van der Waals surface area contributed by atoms with Gasteiger partial charge in [0, 0.05) is 31.7 Å². The number of piperidine rings is 1. The molecule has 3 rings (SSSR count). The van der Waals surface area contributed by atoms with Gasteiger partial charge in [0.25, 0.3) is 0 Å². The first-order valence-electron chi connectivity index (χ1n) is 9.72. The largest absolute Gasteiger partial charge is 0.471 e. The highest BCUT2D eigenvalue weighted by Gasteiger charge is 2.47. The molecule has 1 N–H and O–H groups in total. The summed E-state index contributed by atoms with van der Waals surface area (Å²) in [5.74, 6) is -2.39. The molecule has 0 aliphatic carbocycles. The molecule has 0 bridgehead atoms. The van der Waals surface area contributed by atoms with Gasteiger partial charge >= 0.3 is 12.1 Å². The van der Waals surface area contributed by atoms with Crippen LogP contribution in [-0.2, 0) is 16.1 Å². The van der Waals surface area contributed by atoms with Crippen molar-refractivity contribution in [3.8, 4) is 0 Å². The monoisotopic (exact) mass is 397 g/mol. The summed E-state index contributed by atoms with van der Waals surface area (Å²) in [4.78, 5) is 27.1. The topological polar surface area (TPSA) is 52.7 Å². The van der Waals surface area contributed by atoms with Gasteiger partial charge in [0.1, 0.15) is 6.04 Å². The van der Waals surface area contributed by atoms with Crippen LogP contribution in [0.25, 0.3) is 0 Å². The molecular formula is C20H26F3N3O2. The molecule has 0 aromatic heterocycles. The molecule has 2 heterocycles. The van der Waals surface area contributed by atoms with Crippen molar-refractivity contribution in [2.75, 3.05) is 13.1 Å². The number of halogens is 3. The number of benzene rings is 1. The lowest BCUT2D eigenvalue weighted by Gasteiger charge is -2.38. The average molecular weight is 397 g/mol. The van der Waals surface area contributed by atoms with Crippen molar-refractivity contribution in [1.82, 2.24) is 15.1 Å². The van der Waals surface area contributed by atoms with E-state index in [4.69, 9.17) is 0 Å². The molecule has 1 aromatic rings. The molecule has 3 atom stereocenters. The zero-order valence-corrected chi connectivity index (χ0v) is 15.9. The van der Waals surface area contributed by atoms with E-state index < -0.39 is 24.0 Å². The number of rotatable bonds is 4. The normalized spacial score (nSPS) is 26.3. The predicted octanol–water partition coefficient (Wildman–Crippen LogP) is 2.71. The summed E-state index contributed by atoms with van der Waals surface area (Å²) < 4.78 is 38.2. The van der Waals surface area contributed by atoms with E-state index in [0.717, 1.165) is 25.9 Å². The molecule has 1 aromatic carbocycles. The SMILES string of the molecule is C[C@@H]1C[C@H](NC(=O)[C@H]2CCCN2C(=O)C(F)(F)F)CCN1Cc1ccccc1. The van der Waals surface area contributed by atoms with Gasteiger partial charge in [-0.05, 0) is 38.2 Å². The van der Waals surface area contributed by atoms with Gasteiger partial charge in [0.2, 0.25) is 5.91 Å². The Kier molecular flexibility index (Phi) is 6.27. The molecule has 154 valence electrons. The third kappa shape index (κ3) is 4.84. The molecule has 0 radical (unpaired) electrons. The fourth-order valence-corrected chi connectivity index (χ4v) is 4.15. The van der Waals surface area contributed by atoms with Gasteiger partial charge in [-0.25, -0.2) is 0 Å². The summed E-state index contributed by atoms with van der Waals surface area (Å²) >= 11 is 0. The van der Waals surface area contributed by atoms with Crippen LogP contribution in [0.2, 0.25) is 0 Å². The van der Waals surface area contributed by atoms with E-state index in [-0.39, 0.29) is 25.0 Å². The molecule has 0 unspecified atom stereocenters.